The first-order chi connectivity index (χ1) is 15.5. The number of benzene rings is 2. The first-order valence-corrected chi connectivity index (χ1v) is 9.67. The molecule has 0 saturated heterocycles. The zero-order valence-corrected chi connectivity index (χ0v) is 17.0. The van der Waals surface area contributed by atoms with Gasteiger partial charge in [0.05, 0.1) is 0 Å². The highest BCUT2D eigenvalue weighted by Gasteiger charge is 2.07. The lowest BCUT2D eigenvalue weighted by Gasteiger charge is -2.07. The Morgan fingerprint density at radius 3 is 0.938 bits per heavy atom. The van der Waals surface area contributed by atoms with Crippen molar-refractivity contribution in [2.45, 2.75) is 26.4 Å². The van der Waals surface area contributed by atoms with Gasteiger partial charge in [-0.15, -0.1) is 0 Å². The van der Waals surface area contributed by atoms with Crippen molar-refractivity contribution in [3.8, 4) is 0 Å². The van der Waals surface area contributed by atoms with Gasteiger partial charge in [-0.05, 0) is 34.4 Å². The van der Waals surface area contributed by atoms with Crippen LogP contribution in [0.15, 0.2) is 72.8 Å². The summed E-state index contributed by atoms with van der Waals surface area (Å²) in [4.78, 5) is 47.4. The molecule has 0 atom stereocenters. The second-order valence-corrected chi connectivity index (χ2v) is 6.74. The molecule has 8 heteroatoms. The van der Waals surface area contributed by atoms with E-state index in [-0.39, 0.29) is 26.4 Å². The van der Waals surface area contributed by atoms with Gasteiger partial charge in [0, 0.05) is 24.3 Å². The van der Waals surface area contributed by atoms with Crippen molar-refractivity contribution in [2.75, 3.05) is 0 Å². The Kier molecular flexibility index (Phi) is 7.91. The van der Waals surface area contributed by atoms with Crippen LogP contribution in [0.5, 0.6) is 0 Å². The first kappa shape index (κ1) is 22.5. The van der Waals surface area contributed by atoms with Crippen molar-refractivity contribution in [3.63, 3.8) is 0 Å². The summed E-state index contributed by atoms with van der Waals surface area (Å²) in [5.41, 5.74) is 2.68. The molecule has 164 valence electrons. The fourth-order valence-corrected chi connectivity index (χ4v) is 2.70. The van der Waals surface area contributed by atoms with Gasteiger partial charge in [-0.3, -0.25) is 0 Å². The first-order valence-electron chi connectivity index (χ1n) is 9.67. The molecular formula is C24H20O8. The van der Waals surface area contributed by atoms with E-state index in [2.05, 4.69) is 0 Å². The second kappa shape index (κ2) is 11.3. The molecule has 0 aliphatic carbocycles. The van der Waals surface area contributed by atoms with E-state index in [1.807, 2.05) is 0 Å². The fraction of sp³-hybridized carbons (Fsp3) is 0.167. The summed E-state index contributed by atoms with van der Waals surface area (Å²) < 4.78 is 20.4. The van der Waals surface area contributed by atoms with Crippen molar-refractivity contribution < 1.29 is 38.1 Å². The summed E-state index contributed by atoms with van der Waals surface area (Å²) in [6.45, 7) is -0.117. The molecule has 0 aromatic heterocycles. The van der Waals surface area contributed by atoms with E-state index in [0.717, 1.165) is 24.3 Å². The zero-order chi connectivity index (χ0) is 22.8. The van der Waals surface area contributed by atoms with E-state index in [9.17, 15) is 19.2 Å². The molecular weight excluding hydrogens is 416 g/mol. The van der Waals surface area contributed by atoms with Gasteiger partial charge < -0.3 is 18.9 Å². The molecule has 3 rings (SSSR count). The molecule has 0 spiro atoms. The number of cyclic esters (lactones) is 4. The molecule has 0 N–H and O–H groups in total. The molecule has 4 bridgehead atoms. The van der Waals surface area contributed by atoms with Crippen molar-refractivity contribution in [3.05, 3.63) is 95.1 Å². The number of fused-ring (bicyclic) bond motifs is 4. The SMILES string of the molecule is O=C1/C=C\C(=O)OCc2cccc(c2)COC(=O)/C=C\C(=O)OCc2cccc(c2)CO1. The third-order valence-electron chi connectivity index (χ3n) is 4.22. The Morgan fingerprint density at radius 1 is 0.438 bits per heavy atom. The number of ether oxygens (including phenoxy) is 4. The molecule has 8 nitrogen and oxygen atoms in total. The maximum Gasteiger partial charge on any atom is 0.331 e. The normalized spacial score (nSPS) is 18.0. The lowest BCUT2D eigenvalue weighted by atomic mass is 10.1. The monoisotopic (exact) mass is 436 g/mol. The van der Waals surface area contributed by atoms with Crippen LogP contribution in [0.3, 0.4) is 0 Å². The molecule has 2 aromatic rings. The molecule has 0 unspecified atom stereocenters. The fourth-order valence-electron chi connectivity index (χ4n) is 2.70. The highest BCUT2D eigenvalue weighted by Crippen LogP contribution is 2.10. The van der Waals surface area contributed by atoms with Gasteiger partial charge in [-0.2, -0.15) is 0 Å². The number of carbonyl (C=O) groups excluding carboxylic acids is 4. The Labute approximate surface area is 184 Å². The maximum absolute atomic E-state index is 11.8. The van der Waals surface area contributed by atoms with Crippen molar-refractivity contribution in [1.29, 1.82) is 0 Å². The Balaban J connectivity index is 1.73. The third-order valence-corrected chi connectivity index (χ3v) is 4.22. The van der Waals surface area contributed by atoms with E-state index >= 15 is 0 Å². The number of hydrogen-bond donors (Lipinski definition) is 0. The lowest BCUT2D eigenvalue weighted by molar-refractivity contribution is -0.141. The van der Waals surface area contributed by atoms with Crippen molar-refractivity contribution in [1.82, 2.24) is 0 Å². The van der Waals surface area contributed by atoms with Gasteiger partial charge >= 0.3 is 23.9 Å². The Bertz CT molecular complexity index is 907. The van der Waals surface area contributed by atoms with Crippen LogP contribution in [0.1, 0.15) is 22.3 Å². The average molecular weight is 436 g/mol. The highest BCUT2D eigenvalue weighted by molar-refractivity contribution is 5.92. The predicted molar refractivity (Wildman–Crippen MR) is 110 cm³/mol. The lowest BCUT2D eigenvalue weighted by Crippen LogP contribution is -2.07. The van der Waals surface area contributed by atoms with Crippen molar-refractivity contribution >= 4 is 23.9 Å². The molecule has 1 aliphatic rings. The standard InChI is InChI=1S/C24H20O8/c25-21-7-9-23(27)31-15-19-5-2-6-20(12-19)16-32-24(28)10-8-22(26)30-14-18-4-1-3-17(11-18)13-29-21/h1-12H,13-16H2/b9-7-,10-8-. The van der Waals surface area contributed by atoms with E-state index in [4.69, 9.17) is 18.9 Å². The van der Waals surface area contributed by atoms with Gasteiger partial charge in [0.2, 0.25) is 0 Å². The van der Waals surface area contributed by atoms with Crippen LogP contribution in [0.4, 0.5) is 0 Å². The van der Waals surface area contributed by atoms with Gasteiger partial charge in [0.15, 0.2) is 0 Å². The summed E-state index contributed by atoms with van der Waals surface area (Å²) in [5, 5.41) is 0. The number of esters is 4. The summed E-state index contributed by atoms with van der Waals surface area (Å²) >= 11 is 0. The minimum absolute atomic E-state index is 0.0292. The van der Waals surface area contributed by atoms with Gasteiger partial charge in [0.25, 0.3) is 0 Å². The quantitative estimate of drug-likeness (QED) is 0.459. The summed E-state index contributed by atoms with van der Waals surface area (Å²) in [6.07, 6.45) is 3.95. The molecule has 0 saturated carbocycles. The van der Waals surface area contributed by atoms with Gasteiger partial charge in [-0.1, -0.05) is 36.4 Å². The number of carbonyl (C=O) groups is 4. The van der Waals surface area contributed by atoms with Crippen LogP contribution in [0.25, 0.3) is 0 Å². The minimum Gasteiger partial charge on any atom is -0.458 e. The molecule has 0 amide bonds. The smallest absolute Gasteiger partial charge is 0.331 e. The van der Waals surface area contributed by atoms with Crippen LogP contribution in [-0.2, 0) is 64.6 Å². The van der Waals surface area contributed by atoms with Crippen molar-refractivity contribution in [2.24, 2.45) is 0 Å². The molecule has 1 heterocycles. The highest BCUT2D eigenvalue weighted by atomic mass is 16.5. The number of rotatable bonds is 0. The van der Waals surface area contributed by atoms with E-state index in [0.29, 0.717) is 22.3 Å². The van der Waals surface area contributed by atoms with Crippen LogP contribution >= 0.6 is 0 Å². The molecule has 0 radical (unpaired) electrons. The minimum atomic E-state index is -0.699. The summed E-state index contributed by atoms with van der Waals surface area (Å²) in [7, 11) is 0. The Hall–Kier alpha value is -4.20. The predicted octanol–water partition coefficient (Wildman–Crippen LogP) is 2.69. The van der Waals surface area contributed by atoms with Crippen LogP contribution in [0, 0.1) is 0 Å². The molecule has 1 aliphatic heterocycles. The van der Waals surface area contributed by atoms with Crippen LogP contribution < -0.4 is 0 Å². The maximum atomic E-state index is 11.8. The summed E-state index contributed by atoms with van der Waals surface area (Å²) in [6, 6.07) is 13.8. The van der Waals surface area contributed by atoms with E-state index in [1.54, 1.807) is 48.5 Å². The largest absolute Gasteiger partial charge is 0.458 e. The van der Waals surface area contributed by atoms with Gasteiger partial charge in [0.1, 0.15) is 26.4 Å². The molecule has 0 fully saturated rings. The Morgan fingerprint density at radius 2 is 0.688 bits per heavy atom. The van der Waals surface area contributed by atoms with E-state index in [1.165, 1.54) is 0 Å². The van der Waals surface area contributed by atoms with Crippen LogP contribution in [0.2, 0.25) is 0 Å². The third kappa shape index (κ3) is 7.56. The van der Waals surface area contributed by atoms with E-state index < -0.39 is 23.9 Å². The topological polar surface area (TPSA) is 105 Å². The summed E-state index contributed by atoms with van der Waals surface area (Å²) in [5.74, 6) is -2.80. The van der Waals surface area contributed by atoms with Crippen LogP contribution in [-0.4, -0.2) is 23.9 Å². The zero-order valence-electron chi connectivity index (χ0n) is 17.0. The number of hydrogen-bond acceptors (Lipinski definition) is 8. The average Bonchev–Trinajstić information content (AvgIpc) is 2.81. The molecule has 2 aromatic carbocycles. The molecule has 32 heavy (non-hydrogen) atoms. The van der Waals surface area contributed by atoms with Gasteiger partial charge in [-0.25, -0.2) is 19.2 Å². The second-order valence-electron chi connectivity index (χ2n) is 6.74.